The molecule has 0 amide bonds. The molecule has 0 spiro atoms. The van der Waals surface area contributed by atoms with Gasteiger partial charge in [-0.15, -0.1) is 0 Å². The number of aryl methyl sites for hydroxylation is 1. The molecule has 0 aromatic heterocycles. The molecule has 0 aliphatic carbocycles. The van der Waals surface area contributed by atoms with Crippen LogP contribution in [-0.2, 0) is 0 Å². The normalized spacial score (nSPS) is 11.1. The first-order valence-corrected chi connectivity index (χ1v) is 10.3. The zero-order valence-electron chi connectivity index (χ0n) is 13.6. The maximum atomic E-state index is 12.9. The minimum absolute atomic E-state index is 0.126. The van der Waals surface area contributed by atoms with Gasteiger partial charge in [-0.2, -0.15) is 0 Å². The average Bonchev–Trinajstić information content (AvgIpc) is 2.50. The molecule has 0 N–H and O–H groups in total. The first-order valence-electron chi connectivity index (χ1n) is 7.37. The fourth-order valence-electron chi connectivity index (χ4n) is 2.33. The molecule has 0 bridgehead atoms. The highest BCUT2D eigenvalue weighted by Gasteiger charge is 2.36. The predicted octanol–water partition coefficient (Wildman–Crippen LogP) is 4.95. The lowest BCUT2D eigenvalue weighted by molar-refractivity contribution is 0.105. The number of hydrogen-bond acceptors (Lipinski definition) is 2. The van der Waals surface area contributed by atoms with Crippen molar-refractivity contribution in [3.8, 4) is 5.75 Å². The van der Waals surface area contributed by atoms with E-state index in [0.717, 1.165) is 28.0 Å². The van der Waals surface area contributed by atoms with E-state index >= 15 is 0 Å². The molecule has 3 heteroatoms. The third kappa shape index (κ3) is 3.36. The molecule has 0 unspecified atom stereocenters. The summed E-state index contributed by atoms with van der Waals surface area (Å²) in [5.74, 6) is 0.737. The van der Waals surface area contributed by atoms with Crippen LogP contribution in [0.3, 0.4) is 0 Å². The van der Waals surface area contributed by atoms with Crippen LogP contribution in [0.25, 0.3) is 6.08 Å². The lowest BCUT2D eigenvalue weighted by atomic mass is 10.0. The Morgan fingerprint density at radius 2 is 1.73 bits per heavy atom. The van der Waals surface area contributed by atoms with Gasteiger partial charge in [-0.25, -0.2) is 0 Å². The van der Waals surface area contributed by atoms with Gasteiger partial charge in [-0.1, -0.05) is 43.0 Å². The van der Waals surface area contributed by atoms with Crippen LogP contribution >= 0.6 is 0 Å². The quantitative estimate of drug-likeness (QED) is 0.730. The molecular weight excluding hydrogens is 288 g/mol. The summed E-state index contributed by atoms with van der Waals surface area (Å²) in [7, 11) is -2.53. The highest BCUT2D eigenvalue weighted by atomic mass is 28.4. The number of carbonyl (C=O) groups is 1. The van der Waals surface area contributed by atoms with Crippen LogP contribution in [0.2, 0.25) is 13.1 Å². The molecule has 2 aromatic rings. The average molecular weight is 310 g/mol. The Kier molecular flexibility index (Phi) is 4.67. The maximum Gasteiger partial charge on any atom is 0.320 e. The fraction of sp³-hybridized carbons (Fsp3) is 0.211. The molecule has 0 aliphatic rings. The van der Waals surface area contributed by atoms with Crippen LogP contribution < -0.4 is 4.43 Å². The zero-order chi connectivity index (χ0) is 16.3. The van der Waals surface area contributed by atoms with Gasteiger partial charge in [0.05, 0.1) is 0 Å². The van der Waals surface area contributed by atoms with E-state index in [1.165, 1.54) is 0 Å². The number of carbonyl (C=O) groups excluding carboxylic acids is 1. The predicted molar refractivity (Wildman–Crippen MR) is 94.9 cm³/mol. The zero-order valence-corrected chi connectivity index (χ0v) is 14.6. The van der Waals surface area contributed by atoms with E-state index in [1.54, 1.807) is 6.08 Å². The van der Waals surface area contributed by atoms with Crippen molar-refractivity contribution < 1.29 is 9.22 Å². The van der Waals surface area contributed by atoms with Crippen molar-refractivity contribution in [1.29, 1.82) is 0 Å². The molecule has 2 aromatic carbocycles. The Balaban J connectivity index is 2.26. The molecule has 0 fully saturated rings. The van der Waals surface area contributed by atoms with Crippen molar-refractivity contribution in [2.24, 2.45) is 0 Å². The van der Waals surface area contributed by atoms with E-state index in [0.29, 0.717) is 0 Å². The molecule has 0 heterocycles. The smallest absolute Gasteiger partial charge is 0.320 e. The molecule has 0 radical (unpaired) electrons. The van der Waals surface area contributed by atoms with Gasteiger partial charge < -0.3 is 4.43 Å². The van der Waals surface area contributed by atoms with Crippen LogP contribution in [0.15, 0.2) is 49.0 Å². The van der Waals surface area contributed by atoms with E-state index in [9.17, 15) is 4.79 Å². The van der Waals surface area contributed by atoms with Gasteiger partial charge in [0.15, 0.2) is 5.41 Å². The van der Waals surface area contributed by atoms with Gasteiger partial charge in [0.25, 0.3) is 0 Å². The molecule has 0 saturated heterocycles. The highest BCUT2D eigenvalue weighted by molar-refractivity contribution is 7.02. The summed E-state index contributed by atoms with van der Waals surface area (Å²) in [6.45, 7) is 11.6. The molecule has 114 valence electrons. The van der Waals surface area contributed by atoms with Crippen LogP contribution in [0.4, 0.5) is 0 Å². The Hall–Kier alpha value is -2.13. The molecule has 2 rings (SSSR count). The summed E-state index contributed by atoms with van der Waals surface area (Å²) in [6.07, 6.45) is 1.79. The van der Waals surface area contributed by atoms with Crippen molar-refractivity contribution in [2.75, 3.05) is 0 Å². The first kappa shape index (κ1) is 16.2. The second-order valence-electron chi connectivity index (χ2n) is 5.96. The lowest BCUT2D eigenvalue weighted by Crippen LogP contribution is -2.44. The summed E-state index contributed by atoms with van der Waals surface area (Å²) in [5.41, 5.74) is 3.98. The molecule has 22 heavy (non-hydrogen) atoms. The third-order valence-electron chi connectivity index (χ3n) is 3.88. The standard InChI is InChI=1S/C19H22O2Si/c1-6-16-10-12-17(13-11-16)21-22(4,5)19(20)18-9-7-8-14(2)15(18)3/h6-13H,1H2,2-5H3. The summed E-state index contributed by atoms with van der Waals surface area (Å²) in [4.78, 5) is 12.9. The van der Waals surface area contributed by atoms with E-state index in [-0.39, 0.29) is 5.41 Å². The summed E-state index contributed by atoms with van der Waals surface area (Å²) < 4.78 is 6.07. The van der Waals surface area contributed by atoms with Gasteiger partial charge >= 0.3 is 8.32 Å². The lowest BCUT2D eigenvalue weighted by Gasteiger charge is -2.24. The Morgan fingerprint density at radius 1 is 1.09 bits per heavy atom. The Bertz CT molecular complexity index is 700. The fourth-order valence-corrected chi connectivity index (χ4v) is 4.07. The van der Waals surface area contributed by atoms with E-state index in [2.05, 4.69) is 6.58 Å². The van der Waals surface area contributed by atoms with Gasteiger partial charge in [0.2, 0.25) is 0 Å². The van der Waals surface area contributed by atoms with Crippen molar-refractivity contribution in [3.05, 3.63) is 71.3 Å². The van der Waals surface area contributed by atoms with Gasteiger partial charge in [-0.3, -0.25) is 4.79 Å². The Labute approximate surface area is 133 Å². The van der Waals surface area contributed by atoms with Gasteiger partial charge in [0, 0.05) is 5.56 Å². The topological polar surface area (TPSA) is 26.3 Å². The number of rotatable bonds is 5. The maximum absolute atomic E-state index is 12.9. The number of benzene rings is 2. The van der Waals surface area contributed by atoms with Gasteiger partial charge in [0.1, 0.15) is 5.75 Å². The van der Waals surface area contributed by atoms with Gasteiger partial charge in [-0.05, 0) is 55.8 Å². The third-order valence-corrected chi connectivity index (χ3v) is 5.99. The molecule has 0 aliphatic heterocycles. The summed E-state index contributed by atoms with van der Waals surface area (Å²) in [5, 5.41) is 0.126. The monoisotopic (exact) mass is 310 g/mol. The molecular formula is C19H22O2Si. The van der Waals surface area contributed by atoms with E-state index in [1.807, 2.05) is 69.4 Å². The SMILES string of the molecule is C=Cc1ccc(O[Si](C)(C)C(=O)c2cccc(C)c2C)cc1. The highest BCUT2D eigenvalue weighted by Crippen LogP contribution is 2.23. The van der Waals surface area contributed by atoms with Crippen molar-refractivity contribution in [3.63, 3.8) is 0 Å². The van der Waals surface area contributed by atoms with Crippen molar-refractivity contribution >= 4 is 19.8 Å². The largest absolute Gasteiger partial charge is 0.536 e. The van der Waals surface area contributed by atoms with Crippen molar-refractivity contribution in [2.45, 2.75) is 26.9 Å². The van der Waals surface area contributed by atoms with E-state index in [4.69, 9.17) is 4.43 Å². The molecule has 0 saturated carbocycles. The summed E-state index contributed by atoms with van der Waals surface area (Å²) >= 11 is 0. The second-order valence-corrected chi connectivity index (χ2v) is 9.64. The number of hydrogen-bond donors (Lipinski definition) is 0. The van der Waals surface area contributed by atoms with Crippen LogP contribution in [0.1, 0.15) is 27.0 Å². The van der Waals surface area contributed by atoms with Crippen LogP contribution in [0, 0.1) is 13.8 Å². The van der Waals surface area contributed by atoms with Crippen LogP contribution in [-0.4, -0.2) is 13.7 Å². The first-order chi connectivity index (χ1) is 10.3. The van der Waals surface area contributed by atoms with E-state index < -0.39 is 8.32 Å². The Morgan fingerprint density at radius 3 is 2.32 bits per heavy atom. The van der Waals surface area contributed by atoms with Crippen molar-refractivity contribution in [1.82, 2.24) is 0 Å². The minimum Gasteiger partial charge on any atom is -0.536 e. The minimum atomic E-state index is -2.53. The second kappa shape index (κ2) is 6.32. The van der Waals surface area contributed by atoms with Crippen LogP contribution in [0.5, 0.6) is 5.75 Å². The molecule has 2 nitrogen and oxygen atoms in total. The molecule has 0 atom stereocenters. The summed E-state index contributed by atoms with van der Waals surface area (Å²) in [6, 6.07) is 13.5.